The number of likely N-dealkylation sites (N-methyl/N-ethyl adjacent to an activating group) is 1. The Morgan fingerprint density at radius 3 is 2.48 bits per heavy atom. The molecule has 0 saturated carbocycles. The number of benzene rings is 1. The Labute approximate surface area is 136 Å². The van der Waals surface area contributed by atoms with Crippen LogP contribution in [0.1, 0.15) is 32.3 Å². The molecule has 1 N–H and O–H groups in total. The summed E-state index contributed by atoms with van der Waals surface area (Å²) in [7, 11) is 0. The lowest BCUT2D eigenvalue weighted by atomic mass is 10.1. The zero-order chi connectivity index (χ0) is 17.0. The Balaban J connectivity index is 2.09. The average Bonchev–Trinajstić information content (AvgIpc) is 2.82. The molecule has 1 aromatic rings. The number of likely N-dealkylation sites (tertiary alicyclic amines) is 1. The molecular formula is C17H23N3O3. The van der Waals surface area contributed by atoms with Crippen LogP contribution < -0.4 is 10.2 Å². The van der Waals surface area contributed by atoms with Crippen molar-refractivity contribution in [2.75, 3.05) is 29.9 Å². The molecule has 0 radical (unpaired) electrons. The third-order valence-corrected chi connectivity index (χ3v) is 4.03. The lowest BCUT2D eigenvalue weighted by Crippen LogP contribution is -2.38. The number of hydrogen-bond acceptors (Lipinski definition) is 4. The topological polar surface area (TPSA) is 69.7 Å². The van der Waals surface area contributed by atoms with E-state index in [0.29, 0.717) is 25.9 Å². The second kappa shape index (κ2) is 7.26. The molecule has 124 valence electrons. The van der Waals surface area contributed by atoms with Crippen LogP contribution in [0.2, 0.25) is 0 Å². The molecule has 2 rings (SSSR count). The summed E-state index contributed by atoms with van der Waals surface area (Å²) in [5, 5.41) is 2.82. The van der Waals surface area contributed by atoms with E-state index in [1.54, 1.807) is 0 Å². The number of amides is 3. The van der Waals surface area contributed by atoms with Crippen LogP contribution in [0.3, 0.4) is 0 Å². The molecule has 0 atom stereocenters. The van der Waals surface area contributed by atoms with E-state index in [0.717, 1.165) is 23.5 Å². The van der Waals surface area contributed by atoms with Gasteiger partial charge in [0, 0.05) is 50.8 Å². The maximum absolute atomic E-state index is 11.7. The number of aryl methyl sites for hydroxylation is 1. The summed E-state index contributed by atoms with van der Waals surface area (Å²) in [4.78, 5) is 38.1. The van der Waals surface area contributed by atoms with Gasteiger partial charge in [-0.05, 0) is 31.5 Å². The molecule has 6 heteroatoms. The summed E-state index contributed by atoms with van der Waals surface area (Å²) in [6.07, 6.45) is 0.643. The minimum Gasteiger partial charge on any atom is -0.370 e. The monoisotopic (exact) mass is 317 g/mol. The third kappa shape index (κ3) is 4.09. The molecule has 1 aliphatic heterocycles. The van der Waals surface area contributed by atoms with Gasteiger partial charge in [-0.2, -0.15) is 0 Å². The number of carbonyl (C=O) groups excluding carboxylic acids is 3. The van der Waals surface area contributed by atoms with Crippen molar-refractivity contribution in [1.82, 2.24) is 4.90 Å². The van der Waals surface area contributed by atoms with E-state index in [-0.39, 0.29) is 17.7 Å². The zero-order valence-corrected chi connectivity index (χ0v) is 13.9. The van der Waals surface area contributed by atoms with Crippen LogP contribution >= 0.6 is 0 Å². The van der Waals surface area contributed by atoms with Crippen molar-refractivity contribution in [3.8, 4) is 0 Å². The molecule has 0 aromatic heterocycles. The van der Waals surface area contributed by atoms with Crippen LogP contribution in [-0.2, 0) is 14.4 Å². The largest absolute Gasteiger partial charge is 0.370 e. The van der Waals surface area contributed by atoms with Crippen molar-refractivity contribution in [1.29, 1.82) is 0 Å². The fraction of sp³-hybridized carbons (Fsp3) is 0.471. The Morgan fingerprint density at radius 1 is 1.26 bits per heavy atom. The molecule has 1 aliphatic rings. The number of imide groups is 1. The first-order valence-electron chi connectivity index (χ1n) is 7.88. The van der Waals surface area contributed by atoms with E-state index in [1.165, 1.54) is 11.8 Å². The molecule has 0 bridgehead atoms. The number of nitrogens with one attached hydrogen (secondary N) is 1. The van der Waals surface area contributed by atoms with Crippen molar-refractivity contribution < 1.29 is 14.4 Å². The molecule has 1 aromatic carbocycles. The highest BCUT2D eigenvalue weighted by molar-refractivity contribution is 6.01. The molecular weight excluding hydrogens is 294 g/mol. The second-order valence-corrected chi connectivity index (χ2v) is 5.70. The second-order valence-electron chi connectivity index (χ2n) is 5.70. The van der Waals surface area contributed by atoms with Gasteiger partial charge in [-0.15, -0.1) is 0 Å². The molecule has 0 unspecified atom stereocenters. The number of anilines is 2. The van der Waals surface area contributed by atoms with E-state index in [1.807, 2.05) is 32.0 Å². The van der Waals surface area contributed by atoms with E-state index < -0.39 is 0 Å². The highest BCUT2D eigenvalue weighted by Gasteiger charge is 2.28. The van der Waals surface area contributed by atoms with Crippen LogP contribution in [0.4, 0.5) is 11.4 Å². The number of nitrogens with zero attached hydrogens (tertiary/aromatic N) is 2. The van der Waals surface area contributed by atoms with Gasteiger partial charge in [0.2, 0.25) is 17.7 Å². The molecule has 23 heavy (non-hydrogen) atoms. The van der Waals surface area contributed by atoms with E-state index in [9.17, 15) is 14.4 Å². The first-order valence-corrected chi connectivity index (χ1v) is 7.88. The van der Waals surface area contributed by atoms with Crippen molar-refractivity contribution in [2.24, 2.45) is 0 Å². The molecule has 0 aliphatic carbocycles. The highest BCUT2D eigenvalue weighted by atomic mass is 16.2. The van der Waals surface area contributed by atoms with Gasteiger partial charge in [0.05, 0.1) is 0 Å². The Bertz CT molecular complexity index is 612. The number of rotatable bonds is 6. The average molecular weight is 317 g/mol. The smallest absolute Gasteiger partial charge is 0.229 e. The minimum absolute atomic E-state index is 0.0890. The lowest BCUT2D eigenvalue weighted by Gasteiger charge is -2.26. The number of carbonyl (C=O) groups is 3. The van der Waals surface area contributed by atoms with Crippen LogP contribution in [0.15, 0.2) is 18.2 Å². The Kier molecular flexibility index (Phi) is 5.36. The first-order chi connectivity index (χ1) is 10.9. The Morgan fingerprint density at radius 2 is 1.91 bits per heavy atom. The Hall–Kier alpha value is -2.37. The van der Waals surface area contributed by atoms with Gasteiger partial charge in [-0.1, -0.05) is 6.07 Å². The quantitative estimate of drug-likeness (QED) is 0.814. The van der Waals surface area contributed by atoms with Crippen LogP contribution in [0.25, 0.3) is 0 Å². The van der Waals surface area contributed by atoms with Gasteiger partial charge >= 0.3 is 0 Å². The van der Waals surface area contributed by atoms with Gasteiger partial charge in [0.15, 0.2) is 0 Å². The third-order valence-electron chi connectivity index (χ3n) is 4.03. The SMILES string of the molecule is CCN(CCN1C(=O)CCC1=O)c1ccc(C)c(NC(C)=O)c1. The van der Waals surface area contributed by atoms with Crippen molar-refractivity contribution >= 4 is 29.1 Å². The summed E-state index contributed by atoms with van der Waals surface area (Å²) in [6, 6.07) is 5.86. The lowest BCUT2D eigenvalue weighted by molar-refractivity contribution is -0.138. The van der Waals surface area contributed by atoms with Gasteiger partial charge in [0.25, 0.3) is 0 Å². The molecule has 0 spiro atoms. The summed E-state index contributed by atoms with van der Waals surface area (Å²) in [5.74, 6) is -0.288. The summed E-state index contributed by atoms with van der Waals surface area (Å²) in [5.41, 5.74) is 2.73. The zero-order valence-electron chi connectivity index (χ0n) is 13.9. The standard InChI is InChI=1S/C17H23N3O3/c1-4-19(9-10-20-16(22)7-8-17(20)23)14-6-5-12(2)15(11-14)18-13(3)21/h5-6,11H,4,7-10H2,1-3H3,(H,18,21). The van der Waals surface area contributed by atoms with Gasteiger partial charge in [-0.3, -0.25) is 19.3 Å². The van der Waals surface area contributed by atoms with Crippen molar-refractivity contribution in [3.63, 3.8) is 0 Å². The summed E-state index contributed by atoms with van der Waals surface area (Å²) < 4.78 is 0. The van der Waals surface area contributed by atoms with Gasteiger partial charge in [0.1, 0.15) is 0 Å². The maximum Gasteiger partial charge on any atom is 0.229 e. The predicted octanol–water partition coefficient (Wildman–Crippen LogP) is 1.93. The van der Waals surface area contributed by atoms with Gasteiger partial charge in [-0.25, -0.2) is 0 Å². The molecule has 1 heterocycles. The fourth-order valence-corrected chi connectivity index (χ4v) is 2.69. The fourth-order valence-electron chi connectivity index (χ4n) is 2.69. The van der Waals surface area contributed by atoms with E-state index >= 15 is 0 Å². The maximum atomic E-state index is 11.7. The van der Waals surface area contributed by atoms with Crippen LogP contribution in [0.5, 0.6) is 0 Å². The van der Waals surface area contributed by atoms with E-state index in [2.05, 4.69) is 10.2 Å². The van der Waals surface area contributed by atoms with E-state index in [4.69, 9.17) is 0 Å². The number of hydrogen-bond donors (Lipinski definition) is 1. The molecule has 3 amide bonds. The van der Waals surface area contributed by atoms with Crippen LogP contribution in [0, 0.1) is 6.92 Å². The minimum atomic E-state index is -0.110. The summed E-state index contributed by atoms with van der Waals surface area (Å²) in [6.45, 7) is 7.16. The highest BCUT2D eigenvalue weighted by Crippen LogP contribution is 2.23. The van der Waals surface area contributed by atoms with Crippen LogP contribution in [-0.4, -0.2) is 42.3 Å². The molecule has 6 nitrogen and oxygen atoms in total. The normalized spacial score (nSPS) is 14.3. The predicted molar refractivity (Wildman–Crippen MR) is 89.3 cm³/mol. The molecule has 1 saturated heterocycles. The first kappa shape index (κ1) is 17.0. The summed E-state index contributed by atoms with van der Waals surface area (Å²) >= 11 is 0. The molecule has 1 fully saturated rings. The van der Waals surface area contributed by atoms with Gasteiger partial charge < -0.3 is 10.2 Å². The van der Waals surface area contributed by atoms with Crippen molar-refractivity contribution in [3.05, 3.63) is 23.8 Å². The van der Waals surface area contributed by atoms with Crippen molar-refractivity contribution in [2.45, 2.75) is 33.6 Å².